The Bertz CT molecular complexity index is 859. The highest BCUT2D eigenvalue weighted by Crippen LogP contribution is 2.18. The molecule has 0 aliphatic heterocycles. The van der Waals surface area contributed by atoms with Crippen LogP contribution in [0.25, 0.3) is 12.2 Å². The van der Waals surface area contributed by atoms with E-state index in [1.165, 1.54) is 0 Å². The zero-order valence-corrected chi connectivity index (χ0v) is 17.8. The summed E-state index contributed by atoms with van der Waals surface area (Å²) in [6.45, 7) is 0.220. The molecule has 2 aromatic rings. The fourth-order valence-electron chi connectivity index (χ4n) is 2.58. The van der Waals surface area contributed by atoms with Gasteiger partial charge in [0.05, 0.1) is 6.61 Å². The van der Waals surface area contributed by atoms with Gasteiger partial charge in [0, 0.05) is 26.4 Å². The van der Waals surface area contributed by atoms with Crippen LogP contribution in [0.1, 0.15) is 36.8 Å². The van der Waals surface area contributed by atoms with Gasteiger partial charge in [-0.3, -0.25) is 0 Å². The van der Waals surface area contributed by atoms with Crippen LogP contribution in [0.3, 0.4) is 0 Å². The summed E-state index contributed by atoms with van der Waals surface area (Å²) in [4.78, 5) is 2.04. The summed E-state index contributed by atoms with van der Waals surface area (Å²) < 4.78 is 33.5. The number of aliphatic hydroxyl groups is 1. The van der Waals surface area contributed by atoms with Crippen molar-refractivity contribution in [2.24, 2.45) is 0 Å². The average molecular weight is 420 g/mol. The van der Waals surface area contributed by atoms with Gasteiger partial charge in [-0.15, -0.1) is 0 Å². The first-order chi connectivity index (χ1) is 13.9. The summed E-state index contributed by atoms with van der Waals surface area (Å²) in [5.74, 6) is 0.206. The normalized spacial score (nSPS) is 11.7. The fourth-order valence-corrected chi connectivity index (χ4v) is 3.30. The maximum Gasteiger partial charge on any atom is 0.449 e. The van der Waals surface area contributed by atoms with E-state index in [0.717, 1.165) is 29.7 Å². The van der Waals surface area contributed by atoms with Gasteiger partial charge in [0.2, 0.25) is 0 Å². The van der Waals surface area contributed by atoms with Gasteiger partial charge in [0.15, 0.2) is 0 Å². The van der Waals surface area contributed by atoms with Crippen molar-refractivity contribution in [3.63, 3.8) is 0 Å². The van der Waals surface area contributed by atoms with E-state index < -0.39 is 10.4 Å². The van der Waals surface area contributed by atoms with Crippen LogP contribution in [-0.2, 0) is 14.6 Å². The van der Waals surface area contributed by atoms with E-state index in [4.69, 9.17) is 13.5 Å². The molecule has 0 amide bonds. The zero-order valence-electron chi connectivity index (χ0n) is 17.0. The molecule has 0 aromatic heterocycles. The van der Waals surface area contributed by atoms with Crippen molar-refractivity contribution in [2.45, 2.75) is 25.7 Å². The quantitative estimate of drug-likeness (QED) is 0.412. The van der Waals surface area contributed by atoms with E-state index in [-0.39, 0.29) is 19.0 Å². The molecule has 7 heteroatoms. The molecule has 0 aliphatic carbocycles. The maximum atomic E-state index is 11.9. The van der Waals surface area contributed by atoms with Crippen LogP contribution in [0, 0.1) is 0 Å². The molecule has 6 nitrogen and oxygen atoms in total. The van der Waals surface area contributed by atoms with Crippen molar-refractivity contribution < 1.29 is 21.9 Å². The van der Waals surface area contributed by atoms with Crippen molar-refractivity contribution >= 4 is 28.2 Å². The molecular formula is C22H29NO5S. The molecule has 2 rings (SSSR count). The maximum absolute atomic E-state index is 11.9. The van der Waals surface area contributed by atoms with Gasteiger partial charge in [0.1, 0.15) is 5.75 Å². The molecule has 0 spiro atoms. The number of hydrogen-bond acceptors (Lipinski definition) is 6. The van der Waals surface area contributed by atoms with Gasteiger partial charge in [-0.2, -0.15) is 8.42 Å². The number of rotatable bonds is 12. The van der Waals surface area contributed by atoms with E-state index in [9.17, 15) is 8.42 Å². The molecule has 0 aliphatic rings. The third-order valence-electron chi connectivity index (χ3n) is 4.24. The van der Waals surface area contributed by atoms with Gasteiger partial charge in [0.25, 0.3) is 0 Å². The number of anilines is 1. The standard InChI is InChI=1S/C22H29NO5S/c1-23(2)21-13-9-19(10-14-21)7-8-20-11-15-22(16-12-20)28-29(25,26)27-18-6-4-3-5-17-24/h7-16,24H,3-6,17-18H2,1-2H3. The Hall–Kier alpha value is -2.35. The first-order valence-corrected chi connectivity index (χ1v) is 11.0. The van der Waals surface area contributed by atoms with Crippen molar-refractivity contribution in [2.75, 3.05) is 32.2 Å². The molecule has 158 valence electrons. The minimum absolute atomic E-state index is 0.0706. The fraction of sp³-hybridized carbons (Fsp3) is 0.364. The predicted molar refractivity (Wildman–Crippen MR) is 117 cm³/mol. The second-order valence-electron chi connectivity index (χ2n) is 6.84. The number of aliphatic hydroxyl groups excluding tert-OH is 1. The lowest BCUT2D eigenvalue weighted by Crippen LogP contribution is -2.14. The number of hydrogen-bond donors (Lipinski definition) is 1. The van der Waals surface area contributed by atoms with Crippen LogP contribution < -0.4 is 9.08 Å². The molecule has 1 N–H and O–H groups in total. The third kappa shape index (κ3) is 8.68. The van der Waals surface area contributed by atoms with Gasteiger partial charge in [-0.05, 0) is 48.2 Å². The van der Waals surface area contributed by atoms with Gasteiger partial charge >= 0.3 is 10.4 Å². The highest BCUT2D eigenvalue weighted by molar-refractivity contribution is 7.82. The topological polar surface area (TPSA) is 76.1 Å². The monoisotopic (exact) mass is 419 g/mol. The molecule has 0 atom stereocenters. The van der Waals surface area contributed by atoms with Gasteiger partial charge in [-0.1, -0.05) is 49.3 Å². The van der Waals surface area contributed by atoms with Crippen molar-refractivity contribution in [1.29, 1.82) is 0 Å². The van der Waals surface area contributed by atoms with E-state index >= 15 is 0 Å². The highest BCUT2D eigenvalue weighted by Gasteiger charge is 2.13. The summed E-state index contributed by atoms with van der Waals surface area (Å²) >= 11 is 0. The van der Waals surface area contributed by atoms with Crippen LogP contribution in [0.4, 0.5) is 5.69 Å². The van der Waals surface area contributed by atoms with Crippen molar-refractivity contribution in [1.82, 2.24) is 0 Å². The summed E-state index contributed by atoms with van der Waals surface area (Å²) in [5, 5.41) is 8.70. The molecule has 0 radical (unpaired) electrons. The van der Waals surface area contributed by atoms with E-state index in [1.807, 2.05) is 55.4 Å². The van der Waals surface area contributed by atoms with E-state index in [0.29, 0.717) is 12.8 Å². The Kier molecular flexibility index (Phi) is 9.18. The third-order valence-corrected chi connectivity index (χ3v) is 5.09. The summed E-state index contributed by atoms with van der Waals surface area (Å²) in [7, 11) is -0.0800. The second kappa shape index (κ2) is 11.6. The Morgan fingerprint density at radius 3 is 1.97 bits per heavy atom. The Morgan fingerprint density at radius 2 is 1.41 bits per heavy atom. The molecule has 0 saturated carbocycles. The molecule has 0 fully saturated rings. The Labute approximate surface area is 173 Å². The van der Waals surface area contributed by atoms with E-state index in [2.05, 4.69) is 0 Å². The first-order valence-electron chi connectivity index (χ1n) is 9.65. The summed E-state index contributed by atoms with van der Waals surface area (Å²) in [6.07, 6.45) is 6.90. The summed E-state index contributed by atoms with van der Waals surface area (Å²) in [6, 6.07) is 14.9. The van der Waals surface area contributed by atoms with Crippen molar-refractivity contribution in [3.8, 4) is 5.75 Å². The second-order valence-corrected chi connectivity index (χ2v) is 8.06. The minimum atomic E-state index is -4.08. The van der Waals surface area contributed by atoms with Crippen molar-refractivity contribution in [3.05, 3.63) is 59.7 Å². The Balaban J connectivity index is 1.84. The molecule has 0 bridgehead atoms. The molecule has 0 saturated heterocycles. The largest absolute Gasteiger partial charge is 0.449 e. The SMILES string of the molecule is CN(C)c1ccc(C=Cc2ccc(OS(=O)(=O)OCCCCCCO)cc2)cc1. The van der Waals surface area contributed by atoms with E-state index in [1.54, 1.807) is 24.3 Å². The molecular weight excluding hydrogens is 390 g/mol. The van der Waals surface area contributed by atoms with Gasteiger partial charge in [-0.25, -0.2) is 4.18 Å². The summed E-state index contributed by atoms with van der Waals surface area (Å²) in [5.41, 5.74) is 3.14. The average Bonchev–Trinajstić information content (AvgIpc) is 2.70. The predicted octanol–water partition coefficient (Wildman–Crippen LogP) is 4.12. The van der Waals surface area contributed by atoms with Crippen LogP contribution in [0.15, 0.2) is 48.5 Å². The lowest BCUT2D eigenvalue weighted by Gasteiger charge is -2.11. The smallest absolute Gasteiger partial charge is 0.396 e. The molecule has 29 heavy (non-hydrogen) atoms. The Morgan fingerprint density at radius 1 is 0.862 bits per heavy atom. The number of benzene rings is 2. The van der Waals surface area contributed by atoms with Crippen LogP contribution in [0.5, 0.6) is 5.75 Å². The van der Waals surface area contributed by atoms with Crippen LogP contribution >= 0.6 is 0 Å². The lowest BCUT2D eigenvalue weighted by molar-refractivity contribution is 0.257. The van der Waals surface area contributed by atoms with Crippen LogP contribution in [-0.4, -0.2) is 40.8 Å². The molecule has 2 aromatic carbocycles. The molecule has 0 heterocycles. The lowest BCUT2D eigenvalue weighted by atomic mass is 10.1. The molecule has 0 unspecified atom stereocenters. The highest BCUT2D eigenvalue weighted by atomic mass is 32.3. The number of nitrogens with zero attached hydrogens (tertiary/aromatic N) is 1. The first kappa shape index (κ1) is 22.9. The minimum Gasteiger partial charge on any atom is -0.396 e. The van der Waals surface area contributed by atoms with Gasteiger partial charge < -0.3 is 14.2 Å². The zero-order chi connectivity index (χ0) is 21.1. The number of unbranched alkanes of at least 4 members (excludes halogenated alkanes) is 3. The van der Waals surface area contributed by atoms with Crippen LogP contribution in [0.2, 0.25) is 0 Å².